The van der Waals surface area contributed by atoms with Crippen molar-refractivity contribution in [2.24, 2.45) is 5.92 Å². The molecule has 1 aromatic heterocycles. The van der Waals surface area contributed by atoms with E-state index in [1.54, 1.807) is 6.07 Å². The van der Waals surface area contributed by atoms with Gasteiger partial charge in [0.1, 0.15) is 5.76 Å². The molecule has 0 aromatic carbocycles. The molecule has 0 spiro atoms. The minimum absolute atomic E-state index is 0.0626. The predicted molar refractivity (Wildman–Crippen MR) is 72.4 cm³/mol. The summed E-state index contributed by atoms with van der Waals surface area (Å²) >= 11 is 0. The van der Waals surface area contributed by atoms with Crippen molar-refractivity contribution in [2.75, 3.05) is 19.6 Å². The Morgan fingerprint density at radius 3 is 2.95 bits per heavy atom. The molecule has 0 saturated carbocycles. The number of furan rings is 1. The summed E-state index contributed by atoms with van der Waals surface area (Å²) in [5.74, 6) is -0.195. The van der Waals surface area contributed by atoms with Gasteiger partial charge in [0.15, 0.2) is 0 Å². The minimum atomic E-state index is -1.11. The molecule has 0 radical (unpaired) electrons. The fraction of sp³-hybridized carbons (Fsp3) is 0.571. The summed E-state index contributed by atoms with van der Waals surface area (Å²) in [6.45, 7) is 4.71. The summed E-state index contributed by atoms with van der Waals surface area (Å²) in [4.78, 5) is 24.6. The lowest BCUT2D eigenvalue weighted by Gasteiger charge is -2.30. The summed E-state index contributed by atoms with van der Waals surface area (Å²) in [7, 11) is 0. The molecular formula is C14H20N2O4. The van der Waals surface area contributed by atoms with Crippen LogP contribution in [-0.2, 0) is 11.3 Å². The van der Waals surface area contributed by atoms with E-state index in [1.807, 2.05) is 0 Å². The van der Waals surface area contributed by atoms with Gasteiger partial charge in [-0.2, -0.15) is 0 Å². The van der Waals surface area contributed by atoms with E-state index in [4.69, 9.17) is 9.52 Å². The third kappa shape index (κ3) is 4.09. The fourth-order valence-electron chi connectivity index (χ4n) is 2.46. The molecule has 6 heteroatoms. The summed E-state index contributed by atoms with van der Waals surface area (Å²) in [5, 5.41) is 11.5. The standard InChI is InChI=1S/C14H20N2O4/c1-10-3-2-6-16(8-10)9-13(17)15-7-11-4-5-12(20-11)14(18)19/h4-5,10H,2-3,6-9H2,1H3,(H,15,17)(H,18,19)/t10-/m1/s1. The van der Waals surface area contributed by atoms with E-state index in [0.717, 1.165) is 19.5 Å². The molecule has 1 amide bonds. The van der Waals surface area contributed by atoms with Crippen LogP contribution in [-0.4, -0.2) is 41.5 Å². The summed E-state index contributed by atoms with van der Waals surface area (Å²) in [6, 6.07) is 2.95. The molecule has 2 rings (SSSR count). The number of hydrogen-bond donors (Lipinski definition) is 2. The number of carbonyl (C=O) groups is 2. The lowest BCUT2D eigenvalue weighted by Crippen LogP contribution is -2.41. The highest BCUT2D eigenvalue weighted by atomic mass is 16.4. The topological polar surface area (TPSA) is 82.8 Å². The maximum atomic E-state index is 11.8. The second-order valence-corrected chi connectivity index (χ2v) is 5.33. The number of hydrogen-bond acceptors (Lipinski definition) is 4. The van der Waals surface area contributed by atoms with Crippen LogP contribution in [0.2, 0.25) is 0 Å². The molecule has 0 aliphatic carbocycles. The quantitative estimate of drug-likeness (QED) is 0.850. The van der Waals surface area contributed by atoms with Crippen molar-refractivity contribution in [3.63, 3.8) is 0 Å². The number of aromatic carboxylic acids is 1. The Kier molecular flexibility index (Phi) is 4.79. The molecule has 0 unspecified atom stereocenters. The number of carboxylic acid groups (broad SMARTS) is 1. The minimum Gasteiger partial charge on any atom is -0.475 e. The SMILES string of the molecule is C[C@@H]1CCCN(CC(=O)NCc2ccc(C(=O)O)o2)C1. The summed E-state index contributed by atoms with van der Waals surface area (Å²) < 4.78 is 5.07. The molecule has 1 aromatic rings. The number of carboxylic acids is 1. The van der Waals surface area contributed by atoms with E-state index >= 15 is 0 Å². The number of carbonyl (C=O) groups excluding carboxylic acids is 1. The molecule has 110 valence electrons. The van der Waals surface area contributed by atoms with Gasteiger partial charge in [-0.1, -0.05) is 6.92 Å². The maximum Gasteiger partial charge on any atom is 0.371 e. The molecule has 2 heterocycles. The zero-order valence-corrected chi connectivity index (χ0v) is 11.6. The van der Waals surface area contributed by atoms with E-state index in [1.165, 1.54) is 12.5 Å². The lowest BCUT2D eigenvalue weighted by atomic mass is 10.0. The van der Waals surface area contributed by atoms with Crippen LogP contribution in [0, 0.1) is 5.92 Å². The Bertz CT molecular complexity index is 483. The van der Waals surface area contributed by atoms with Gasteiger partial charge in [0.25, 0.3) is 0 Å². The average molecular weight is 280 g/mol. The van der Waals surface area contributed by atoms with Gasteiger partial charge in [0.2, 0.25) is 11.7 Å². The van der Waals surface area contributed by atoms with Crippen LogP contribution in [0.5, 0.6) is 0 Å². The Balaban J connectivity index is 1.75. The third-order valence-corrected chi connectivity index (χ3v) is 3.44. The smallest absolute Gasteiger partial charge is 0.371 e. The van der Waals surface area contributed by atoms with Gasteiger partial charge in [0.05, 0.1) is 13.1 Å². The van der Waals surface area contributed by atoms with E-state index in [0.29, 0.717) is 18.2 Å². The average Bonchev–Trinajstić information content (AvgIpc) is 2.85. The maximum absolute atomic E-state index is 11.8. The Morgan fingerprint density at radius 2 is 2.30 bits per heavy atom. The van der Waals surface area contributed by atoms with Crippen molar-refractivity contribution in [3.8, 4) is 0 Å². The van der Waals surface area contributed by atoms with E-state index < -0.39 is 5.97 Å². The lowest BCUT2D eigenvalue weighted by molar-refractivity contribution is -0.122. The van der Waals surface area contributed by atoms with Crippen molar-refractivity contribution in [2.45, 2.75) is 26.3 Å². The summed E-state index contributed by atoms with van der Waals surface area (Å²) in [6.07, 6.45) is 2.36. The van der Waals surface area contributed by atoms with Crippen molar-refractivity contribution in [3.05, 3.63) is 23.7 Å². The molecule has 1 aliphatic heterocycles. The van der Waals surface area contributed by atoms with E-state index in [9.17, 15) is 9.59 Å². The second-order valence-electron chi connectivity index (χ2n) is 5.33. The van der Waals surface area contributed by atoms with Crippen LogP contribution in [0.1, 0.15) is 36.1 Å². The molecule has 6 nitrogen and oxygen atoms in total. The first-order chi connectivity index (χ1) is 9.54. The second kappa shape index (κ2) is 6.56. The molecule has 1 saturated heterocycles. The number of nitrogens with zero attached hydrogens (tertiary/aromatic N) is 1. The van der Waals surface area contributed by atoms with Gasteiger partial charge in [-0.25, -0.2) is 4.79 Å². The molecule has 1 aliphatic rings. The van der Waals surface area contributed by atoms with Crippen molar-refractivity contribution in [1.82, 2.24) is 10.2 Å². The van der Waals surface area contributed by atoms with Crippen molar-refractivity contribution >= 4 is 11.9 Å². The highest BCUT2D eigenvalue weighted by molar-refractivity contribution is 5.84. The van der Waals surface area contributed by atoms with Crippen molar-refractivity contribution < 1.29 is 19.1 Å². The first-order valence-corrected chi connectivity index (χ1v) is 6.85. The highest BCUT2D eigenvalue weighted by Gasteiger charge is 2.18. The van der Waals surface area contributed by atoms with Crippen molar-refractivity contribution in [1.29, 1.82) is 0 Å². The predicted octanol–water partition coefficient (Wildman–Crippen LogP) is 1.33. The number of piperidine rings is 1. The van der Waals surface area contributed by atoms with Gasteiger partial charge in [0, 0.05) is 6.54 Å². The van der Waals surface area contributed by atoms with Gasteiger partial charge >= 0.3 is 5.97 Å². The molecule has 0 bridgehead atoms. The number of amides is 1. The molecule has 2 N–H and O–H groups in total. The first-order valence-electron chi connectivity index (χ1n) is 6.85. The van der Waals surface area contributed by atoms with Crippen LogP contribution in [0.3, 0.4) is 0 Å². The molecule has 1 atom stereocenters. The van der Waals surface area contributed by atoms with Gasteiger partial charge < -0.3 is 14.8 Å². The van der Waals surface area contributed by atoms with E-state index in [-0.39, 0.29) is 18.2 Å². The van der Waals surface area contributed by atoms with Crippen LogP contribution >= 0.6 is 0 Å². The molecular weight excluding hydrogens is 260 g/mol. The zero-order valence-electron chi connectivity index (χ0n) is 11.6. The Hall–Kier alpha value is -1.82. The largest absolute Gasteiger partial charge is 0.475 e. The number of nitrogens with one attached hydrogen (secondary N) is 1. The normalized spacial score (nSPS) is 19.8. The van der Waals surface area contributed by atoms with Crippen LogP contribution in [0.15, 0.2) is 16.5 Å². The zero-order chi connectivity index (χ0) is 14.5. The van der Waals surface area contributed by atoms with Gasteiger partial charge in [-0.3, -0.25) is 9.69 Å². The highest BCUT2D eigenvalue weighted by Crippen LogP contribution is 2.14. The van der Waals surface area contributed by atoms with Crippen LogP contribution in [0.25, 0.3) is 0 Å². The number of likely N-dealkylation sites (tertiary alicyclic amines) is 1. The van der Waals surface area contributed by atoms with Crippen LogP contribution in [0.4, 0.5) is 0 Å². The monoisotopic (exact) mass is 280 g/mol. The van der Waals surface area contributed by atoms with Crippen LogP contribution < -0.4 is 5.32 Å². The summed E-state index contributed by atoms with van der Waals surface area (Å²) in [5.41, 5.74) is 0. The Labute approximate surface area is 117 Å². The molecule has 20 heavy (non-hydrogen) atoms. The number of rotatable bonds is 5. The fourth-order valence-corrected chi connectivity index (χ4v) is 2.46. The molecule has 1 fully saturated rings. The Morgan fingerprint density at radius 1 is 1.50 bits per heavy atom. The van der Waals surface area contributed by atoms with Gasteiger partial charge in [-0.05, 0) is 37.4 Å². The van der Waals surface area contributed by atoms with E-state index in [2.05, 4.69) is 17.1 Å². The first kappa shape index (κ1) is 14.6. The van der Waals surface area contributed by atoms with Gasteiger partial charge in [-0.15, -0.1) is 0 Å². The third-order valence-electron chi connectivity index (χ3n) is 3.44.